The van der Waals surface area contributed by atoms with E-state index in [1.807, 2.05) is 0 Å². The second kappa shape index (κ2) is 4.28. The van der Waals surface area contributed by atoms with Gasteiger partial charge < -0.3 is 0 Å². The molecule has 1 aliphatic rings. The van der Waals surface area contributed by atoms with Gasteiger partial charge in [-0.15, -0.1) is 0 Å². The molecular formula is C12H19BrN2. The molecule has 1 heterocycles. The van der Waals surface area contributed by atoms with Crippen LogP contribution in [0.25, 0.3) is 0 Å². The van der Waals surface area contributed by atoms with Gasteiger partial charge in [-0.3, -0.25) is 4.68 Å². The molecule has 0 unspecified atom stereocenters. The fourth-order valence-corrected chi connectivity index (χ4v) is 2.68. The van der Waals surface area contributed by atoms with Crippen molar-refractivity contribution >= 4 is 15.9 Å². The van der Waals surface area contributed by atoms with E-state index in [0.717, 1.165) is 24.7 Å². The summed E-state index contributed by atoms with van der Waals surface area (Å²) in [5.41, 5.74) is 3.14. The van der Waals surface area contributed by atoms with Crippen LogP contribution in [0.4, 0.5) is 0 Å². The topological polar surface area (TPSA) is 17.8 Å². The van der Waals surface area contributed by atoms with E-state index in [4.69, 9.17) is 0 Å². The molecule has 2 rings (SSSR count). The van der Waals surface area contributed by atoms with E-state index in [0.29, 0.717) is 5.41 Å². The Labute approximate surface area is 100 Å². The predicted molar refractivity (Wildman–Crippen MR) is 66.4 cm³/mol. The lowest BCUT2D eigenvalue weighted by Crippen LogP contribution is -2.16. The first-order valence-corrected chi connectivity index (χ1v) is 6.97. The number of alkyl halides is 1. The lowest BCUT2D eigenvalue weighted by molar-refractivity contribution is 0.429. The zero-order valence-electron chi connectivity index (χ0n) is 9.59. The van der Waals surface area contributed by atoms with Crippen molar-refractivity contribution in [3.63, 3.8) is 0 Å². The van der Waals surface area contributed by atoms with Gasteiger partial charge in [-0.05, 0) is 37.2 Å². The van der Waals surface area contributed by atoms with Crippen LogP contribution in [-0.2, 0) is 19.4 Å². The zero-order chi connectivity index (χ0) is 10.9. The fourth-order valence-electron chi connectivity index (χ4n) is 1.94. The molecule has 84 valence electrons. The quantitative estimate of drug-likeness (QED) is 0.752. The molecule has 0 aliphatic heterocycles. The van der Waals surface area contributed by atoms with E-state index in [9.17, 15) is 0 Å². The summed E-state index contributed by atoms with van der Waals surface area (Å²) in [6, 6.07) is 2.25. The summed E-state index contributed by atoms with van der Waals surface area (Å²) in [5, 5.41) is 5.78. The Balaban J connectivity index is 2.15. The minimum absolute atomic E-state index is 0.515. The van der Waals surface area contributed by atoms with Crippen molar-refractivity contribution in [3.8, 4) is 0 Å². The lowest BCUT2D eigenvalue weighted by Gasteiger charge is -2.13. The Morgan fingerprint density at radius 3 is 2.60 bits per heavy atom. The number of hydrogen-bond donors (Lipinski definition) is 0. The van der Waals surface area contributed by atoms with Gasteiger partial charge in [0.2, 0.25) is 0 Å². The van der Waals surface area contributed by atoms with Crippen molar-refractivity contribution in [2.75, 3.05) is 5.33 Å². The smallest absolute Gasteiger partial charge is 0.0624 e. The highest BCUT2D eigenvalue weighted by Crippen LogP contribution is 2.48. The average molecular weight is 271 g/mol. The fraction of sp³-hybridized carbons (Fsp3) is 0.750. The second-order valence-corrected chi connectivity index (χ2v) is 5.19. The Morgan fingerprint density at radius 1 is 1.40 bits per heavy atom. The summed E-state index contributed by atoms with van der Waals surface area (Å²) < 4.78 is 2.23. The third-order valence-electron chi connectivity index (χ3n) is 3.36. The average Bonchev–Trinajstić information content (AvgIpc) is 2.92. The van der Waals surface area contributed by atoms with Crippen molar-refractivity contribution in [1.82, 2.24) is 9.78 Å². The Morgan fingerprint density at radius 2 is 2.13 bits per heavy atom. The van der Waals surface area contributed by atoms with Crippen LogP contribution in [0.3, 0.4) is 0 Å². The number of rotatable bonds is 5. The van der Waals surface area contributed by atoms with E-state index in [2.05, 4.69) is 45.6 Å². The van der Waals surface area contributed by atoms with Crippen LogP contribution in [0.5, 0.6) is 0 Å². The van der Waals surface area contributed by atoms with E-state index < -0.39 is 0 Å². The highest BCUT2D eigenvalue weighted by atomic mass is 79.9. The van der Waals surface area contributed by atoms with Gasteiger partial charge in [0.25, 0.3) is 0 Å². The number of hydrogen-bond acceptors (Lipinski definition) is 1. The summed E-state index contributed by atoms with van der Waals surface area (Å²) >= 11 is 3.62. The molecule has 0 radical (unpaired) electrons. The van der Waals surface area contributed by atoms with Crippen molar-refractivity contribution in [2.45, 2.75) is 46.1 Å². The van der Waals surface area contributed by atoms with Gasteiger partial charge in [0.1, 0.15) is 0 Å². The standard InChI is InChI=1S/C12H19BrN2/c1-3-10-7-11(4-2)15(14-10)9-12(8-13)5-6-12/h7H,3-6,8-9H2,1-2H3. The molecule has 0 amide bonds. The minimum Gasteiger partial charge on any atom is -0.269 e. The molecule has 1 aliphatic carbocycles. The molecule has 0 bridgehead atoms. The molecule has 1 aromatic rings. The van der Waals surface area contributed by atoms with Gasteiger partial charge in [-0.1, -0.05) is 29.8 Å². The van der Waals surface area contributed by atoms with Crippen LogP contribution in [0.1, 0.15) is 38.1 Å². The van der Waals surface area contributed by atoms with Crippen molar-refractivity contribution in [3.05, 3.63) is 17.5 Å². The monoisotopic (exact) mass is 270 g/mol. The van der Waals surface area contributed by atoms with Crippen molar-refractivity contribution < 1.29 is 0 Å². The van der Waals surface area contributed by atoms with Crippen LogP contribution in [0, 0.1) is 5.41 Å². The first-order chi connectivity index (χ1) is 7.23. The summed E-state index contributed by atoms with van der Waals surface area (Å²) in [4.78, 5) is 0. The Bertz CT molecular complexity index is 339. The normalized spacial score (nSPS) is 18.1. The molecule has 1 saturated carbocycles. The molecule has 0 spiro atoms. The van der Waals surface area contributed by atoms with Crippen LogP contribution in [-0.4, -0.2) is 15.1 Å². The van der Waals surface area contributed by atoms with Crippen LogP contribution < -0.4 is 0 Å². The van der Waals surface area contributed by atoms with E-state index in [1.165, 1.54) is 24.2 Å². The molecule has 0 N–H and O–H groups in total. The summed E-state index contributed by atoms with van der Waals surface area (Å²) in [5.74, 6) is 0. The van der Waals surface area contributed by atoms with Gasteiger partial charge in [-0.25, -0.2) is 0 Å². The van der Waals surface area contributed by atoms with E-state index >= 15 is 0 Å². The molecule has 0 aromatic carbocycles. The molecule has 2 nitrogen and oxygen atoms in total. The highest BCUT2D eigenvalue weighted by Gasteiger charge is 2.42. The molecule has 1 aromatic heterocycles. The maximum atomic E-state index is 4.67. The molecule has 15 heavy (non-hydrogen) atoms. The van der Waals surface area contributed by atoms with Crippen LogP contribution in [0.15, 0.2) is 6.07 Å². The lowest BCUT2D eigenvalue weighted by atomic mass is 10.1. The number of nitrogens with zero attached hydrogens (tertiary/aromatic N) is 2. The second-order valence-electron chi connectivity index (χ2n) is 4.63. The van der Waals surface area contributed by atoms with Gasteiger partial charge in [0.15, 0.2) is 0 Å². The Kier molecular flexibility index (Phi) is 3.19. The van der Waals surface area contributed by atoms with Crippen molar-refractivity contribution in [1.29, 1.82) is 0 Å². The third kappa shape index (κ3) is 2.27. The molecule has 3 heteroatoms. The van der Waals surface area contributed by atoms with Crippen molar-refractivity contribution in [2.24, 2.45) is 5.41 Å². The summed E-state index contributed by atoms with van der Waals surface area (Å²) in [6.07, 6.45) is 4.83. The number of halogens is 1. The zero-order valence-corrected chi connectivity index (χ0v) is 11.2. The first kappa shape index (κ1) is 11.2. The van der Waals surface area contributed by atoms with Gasteiger partial charge in [-0.2, -0.15) is 5.10 Å². The number of aryl methyl sites for hydroxylation is 2. The molecule has 1 fully saturated rings. The number of aromatic nitrogens is 2. The molecule has 0 saturated heterocycles. The van der Waals surface area contributed by atoms with E-state index in [1.54, 1.807) is 0 Å². The van der Waals surface area contributed by atoms with Gasteiger partial charge >= 0.3 is 0 Å². The first-order valence-electron chi connectivity index (χ1n) is 5.84. The predicted octanol–water partition coefficient (Wildman–Crippen LogP) is 3.18. The maximum Gasteiger partial charge on any atom is 0.0624 e. The minimum atomic E-state index is 0.515. The SMILES string of the molecule is CCc1cc(CC)n(CC2(CBr)CC2)n1. The largest absolute Gasteiger partial charge is 0.269 e. The van der Waals surface area contributed by atoms with Crippen LogP contribution in [0.2, 0.25) is 0 Å². The molecule has 0 atom stereocenters. The summed E-state index contributed by atoms with van der Waals surface area (Å²) in [7, 11) is 0. The van der Waals surface area contributed by atoms with Gasteiger partial charge in [0.05, 0.1) is 5.69 Å². The summed E-state index contributed by atoms with van der Waals surface area (Å²) in [6.45, 7) is 5.48. The van der Waals surface area contributed by atoms with E-state index in [-0.39, 0.29) is 0 Å². The maximum absolute atomic E-state index is 4.67. The van der Waals surface area contributed by atoms with Crippen LogP contribution >= 0.6 is 15.9 Å². The third-order valence-corrected chi connectivity index (χ3v) is 4.55. The van der Waals surface area contributed by atoms with Gasteiger partial charge in [0, 0.05) is 17.6 Å². The Hall–Kier alpha value is -0.310. The highest BCUT2D eigenvalue weighted by molar-refractivity contribution is 9.09. The molecular weight excluding hydrogens is 252 g/mol.